The van der Waals surface area contributed by atoms with Gasteiger partial charge in [0.1, 0.15) is 11.6 Å². The zero-order valence-corrected chi connectivity index (χ0v) is 17.1. The lowest BCUT2D eigenvalue weighted by molar-refractivity contribution is -0.126. The van der Waals surface area contributed by atoms with Crippen LogP contribution < -0.4 is 10.1 Å². The number of halogens is 1. The number of rotatable bonds is 7. The van der Waals surface area contributed by atoms with E-state index >= 15 is 0 Å². The lowest BCUT2D eigenvalue weighted by Gasteiger charge is -2.30. The largest absolute Gasteiger partial charge is 0.496 e. The third kappa shape index (κ3) is 5.55. The fourth-order valence-electron chi connectivity index (χ4n) is 3.45. The van der Waals surface area contributed by atoms with Gasteiger partial charge in [-0.05, 0) is 36.6 Å². The average Bonchev–Trinajstić information content (AvgIpc) is 2.74. The van der Waals surface area contributed by atoms with E-state index in [-0.39, 0.29) is 17.6 Å². The Bertz CT molecular complexity index is 939. The molecular weight excluding hydrogens is 395 g/mol. The maximum absolute atomic E-state index is 13.0. The van der Waals surface area contributed by atoms with Crippen molar-refractivity contribution < 1.29 is 22.3 Å². The number of carbonyl (C=O) groups excluding carboxylic acids is 1. The van der Waals surface area contributed by atoms with Crippen molar-refractivity contribution in [1.29, 1.82) is 0 Å². The van der Waals surface area contributed by atoms with Crippen LogP contribution in [0, 0.1) is 11.7 Å². The summed E-state index contributed by atoms with van der Waals surface area (Å²) >= 11 is 0. The molecule has 2 aromatic rings. The van der Waals surface area contributed by atoms with Gasteiger partial charge in [-0.25, -0.2) is 17.1 Å². The molecular formula is C21H25FN2O4S. The summed E-state index contributed by atoms with van der Waals surface area (Å²) in [6.07, 6.45) is 0.945. The maximum Gasteiger partial charge on any atom is 0.223 e. The number of ether oxygens (including phenoxy) is 1. The van der Waals surface area contributed by atoms with Crippen molar-refractivity contribution in [2.75, 3.05) is 20.2 Å². The highest BCUT2D eigenvalue weighted by atomic mass is 32.2. The molecule has 0 bridgehead atoms. The van der Waals surface area contributed by atoms with Crippen LogP contribution in [-0.4, -0.2) is 38.8 Å². The first-order valence-corrected chi connectivity index (χ1v) is 11.1. The van der Waals surface area contributed by atoms with Crippen LogP contribution in [0.4, 0.5) is 4.39 Å². The standard InChI is InChI=1S/C21H25FN2O4S/c1-28-20-5-3-2-4-18(20)14-23-21(25)17-10-12-24(13-11-17)29(26,27)15-16-6-8-19(22)9-7-16/h2-9,17H,10-15H2,1H3,(H,23,25). The summed E-state index contributed by atoms with van der Waals surface area (Å²) in [7, 11) is -1.91. The Morgan fingerprint density at radius 1 is 1.14 bits per heavy atom. The van der Waals surface area contributed by atoms with Crippen LogP contribution >= 0.6 is 0 Å². The van der Waals surface area contributed by atoms with Gasteiger partial charge >= 0.3 is 0 Å². The average molecular weight is 421 g/mol. The smallest absolute Gasteiger partial charge is 0.223 e. The molecule has 0 aromatic heterocycles. The molecule has 1 aliphatic rings. The highest BCUT2D eigenvalue weighted by Gasteiger charge is 2.31. The highest BCUT2D eigenvalue weighted by Crippen LogP contribution is 2.23. The molecule has 0 saturated carbocycles. The number of carbonyl (C=O) groups is 1. The van der Waals surface area contributed by atoms with E-state index in [0.29, 0.717) is 38.0 Å². The van der Waals surface area contributed by atoms with E-state index in [1.54, 1.807) is 7.11 Å². The summed E-state index contributed by atoms with van der Waals surface area (Å²) in [4.78, 5) is 12.5. The van der Waals surface area contributed by atoms with E-state index < -0.39 is 15.8 Å². The Kier molecular flexibility index (Phi) is 6.87. The molecule has 0 atom stereocenters. The monoisotopic (exact) mass is 420 g/mol. The van der Waals surface area contributed by atoms with Gasteiger partial charge in [0.2, 0.25) is 15.9 Å². The summed E-state index contributed by atoms with van der Waals surface area (Å²) in [6, 6.07) is 12.9. The molecule has 1 aliphatic heterocycles. The molecule has 156 valence electrons. The molecule has 2 aromatic carbocycles. The van der Waals surface area contributed by atoms with Crippen molar-refractivity contribution in [3.63, 3.8) is 0 Å². The molecule has 29 heavy (non-hydrogen) atoms. The number of hydrogen-bond acceptors (Lipinski definition) is 4. The van der Waals surface area contributed by atoms with Gasteiger partial charge < -0.3 is 10.1 Å². The van der Waals surface area contributed by atoms with Crippen molar-refractivity contribution >= 4 is 15.9 Å². The van der Waals surface area contributed by atoms with Gasteiger partial charge in [0, 0.05) is 31.1 Å². The topological polar surface area (TPSA) is 75.7 Å². The van der Waals surface area contributed by atoms with Crippen LogP contribution in [0.2, 0.25) is 0 Å². The Morgan fingerprint density at radius 2 is 1.79 bits per heavy atom. The minimum absolute atomic E-state index is 0.0773. The SMILES string of the molecule is COc1ccccc1CNC(=O)C1CCN(S(=O)(=O)Cc2ccc(F)cc2)CC1. The maximum atomic E-state index is 13.0. The van der Waals surface area contributed by atoms with Gasteiger partial charge in [-0.2, -0.15) is 0 Å². The Hall–Kier alpha value is -2.45. The second kappa shape index (κ2) is 9.37. The zero-order chi connectivity index (χ0) is 20.9. The summed E-state index contributed by atoms with van der Waals surface area (Å²) in [6.45, 7) is 0.971. The van der Waals surface area contributed by atoms with Gasteiger partial charge in [0.05, 0.1) is 12.9 Å². The molecule has 0 aliphatic carbocycles. The van der Waals surface area contributed by atoms with Gasteiger partial charge in [-0.15, -0.1) is 0 Å². The molecule has 1 fully saturated rings. The summed E-state index contributed by atoms with van der Waals surface area (Å²) in [5.41, 5.74) is 1.44. The van der Waals surface area contributed by atoms with Gasteiger partial charge in [0.25, 0.3) is 0 Å². The molecule has 0 radical (unpaired) electrons. The third-order valence-corrected chi connectivity index (χ3v) is 6.98. The fourth-order valence-corrected chi connectivity index (χ4v) is 5.02. The molecule has 1 amide bonds. The van der Waals surface area contributed by atoms with Gasteiger partial charge in [-0.1, -0.05) is 30.3 Å². The molecule has 1 heterocycles. The number of nitrogens with zero attached hydrogens (tertiary/aromatic N) is 1. The lowest BCUT2D eigenvalue weighted by Crippen LogP contribution is -2.43. The first-order chi connectivity index (χ1) is 13.9. The Labute approximate surface area is 170 Å². The van der Waals surface area contributed by atoms with E-state index in [2.05, 4.69) is 5.32 Å². The minimum atomic E-state index is -3.50. The normalized spacial score (nSPS) is 15.8. The molecule has 0 spiro atoms. The Balaban J connectivity index is 1.51. The van der Waals surface area contributed by atoms with E-state index in [4.69, 9.17) is 4.74 Å². The summed E-state index contributed by atoms with van der Waals surface area (Å²) in [5.74, 6) is -0.146. The van der Waals surface area contributed by atoms with Crippen molar-refractivity contribution in [2.24, 2.45) is 5.92 Å². The van der Waals surface area contributed by atoms with E-state index in [9.17, 15) is 17.6 Å². The van der Waals surface area contributed by atoms with Crippen molar-refractivity contribution in [3.8, 4) is 5.75 Å². The van der Waals surface area contributed by atoms with Crippen LogP contribution in [0.5, 0.6) is 5.75 Å². The zero-order valence-electron chi connectivity index (χ0n) is 16.3. The van der Waals surface area contributed by atoms with Crippen LogP contribution in [0.15, 0.2) is 48.5 Å². The molecule has 3 rings (SSSR count). The third-order valence-electron chi connectivity index (χ3n) is 5.13. The highest BCUT2D eigenvalue weighted by molar-refractivity contribution is 7.88. The summed E-state index contributed by atoms with van der Waals surface area (Å²) in [5, 5.41) is 2.92. The second-order valence-electron chi connectivity index (χ2n) is 7.09. The fraction of sp³-hybridized carbons (Fsp3) is 0.381. The minimum Gasteiger partial charge on any atom is -0.496 e. The molecule has 1 N–H and O–H groups in total. The quantitative estimate of drug-likeness (QED) is 0.747. The number of nitrogens with one attached hydrogen (secondary N) is 1. The Morgan fingerprint density at radius 3 is 2.45 bits per heavy atom. The van der Waals surface area contributed by atoms with Crippen LogP contribution in [0.3, 0.4) is 0 Å². The van der Waals surface area contributed by atoms with Gasteiger partial charge in [0.15, 0.2) is 0 Å². The molecule has 0 unspecified atom stereocenters. The van der Waals surface area contributed by atoms with E-state index in [1.165, 1.54) is 28.6 Å². The van der Waals surface area contributed by atoms with Crippen LogP contribution in [0.1, 0.15) is 24.0 Å². The number of piperidine rings is 1. The first-order valence-electron chi connectivity index (χ1n) is 9.51. The van der Waals surface area contributed by atoms with E-state index in [1.807, 2.05) is 24.3 Å². The van der Waals surface area contributed by atoms with Crippen LogP contribution in [-0.2, 0) is 27.1 Å². The van der Waals surface area contributed by atoms with Crippen LogP contribution in [0.25, 0.3) is 0 Å². The molecule has 8 heteroatoms. The number of hydrogen-bond donors (Lipinski definition) is 1. The lowest BCUT2D eigenvalue weighted by atomic mass is 9.97. The number of amides is 1. The predicted octanol–water partition coefficient (Wildman–Crippen LogP) is 2.69. The molecule has 6 nitrogen and oxygen atoms in total. The van der Waals surface area contributed by atoms with Crippen molar-refractivity contribution in [1.82, 2.24) is 9.62 Å². The second-order valence-corrected chi connectivity index (χ2v) is 9.05. The number of para-hydroxylation sites is 1. The molecule has 1 saturated heterocycles. The number of benzene rings is 2. The number of sulfonamides is 1. The van der Waals surface area contributed by atoms with Crippen molar-refractivity contribution in [2.45, 2.75) is 25.1 Å². The number of methoxy groups -OCH3 is 1. The van der Waals surface area contributed by atoms with Crippen molar-refractivity contribution in [3.05, 3.63) is 65.5 Å². The first kappa shape index (κ1) is 21.3. The summed E-state index contributed by atoms with van der Waals surface area (Å²) < 4.78 is 44.9. The van der Waals surface area contributed by atoms with Gasteiger partial charge in [-0.3, -0.25) is 4.79 Å². The predicted molar refractivity (Wildman–Crippen MR) is 108 cm³/mol. The van der Waals surface area contributed by atoms with E-state index in [0.717, 1.165) is 11.3 Å².